The molecule has 146 valence electrons. The predicted octanol–water partition coefficient (Wildman–Crippen LogP) is 2.45. The highest BCUT2D eigenvalue weighted by molar-refractivity contribution is 5.89. The predicted molar refractivity (Wildman–Crippen MR) is 86.4 cm³/mol. The molecule has 0 atom stereocenters. The van der Waals surface area contributed by atoms with E-state index in [2.05, 4.69) is 20.4 Å². The summed E-state index contributed by atoms with van der Waals surface area (Å²) in [6.07, 6.45) is -3.06. The van der Waals surface area contributed by atoms with Crippen LogP contribution in [0.4, 0.5) is 27.9 Å². The van der Waals surface area contributed by atoms with Gasteiger partial charge in [0.15, 0.2) is 5.82 Å². The Bertz CT molecular complexity index is 1100. The smallest absolute Gasteiger partial charge is 0.293 e. The van der Waals surface area contributed by atoms with E-state index in [1.807, 2.05) is 0 Å². The number of amides is 1. The molecule has 1 aromatic carbocycles. The summed E-state index contributed by atoms with van der Waals surface area (Å²) in [5, 5.41) is 5.32. The molecule has 2 aromatic heterocycles. The third-order valence-electron chi connectivity index (χ3n) is 3.66. The largest absolute Gasteiger partial charge is 0.416 e. The first-order valence-corrected chi connectivity index (χ1v) is 7.63. The number of fused-ring (bicyclic) bond motifs is 1. The minimum absolute atomic E-state index is 0.221. The fourth-order valence-corrected chi connectivity index (χ4v) is 2.41. The van der Waals surface area contributed by atoms with Crippen molar-refractivity contribution in [1.29, 1.82) is 0 Å². The number of carbonyl (C=O) groups is 1. The summed E-state index contributed by atoms with van der Waals surface area (Å²) in [6.45, 7) is -1.93. The van der Waals surface area contributed by atoms with Crippen molar-refractivity contribution in [2.24, 2.45) is 0 Å². The van der Waals surface area contributed by atoms with Gasteiger partial charge in [-0.05, 0) is 18.2 Å². The minimum Gasteiger partial charge on any atom is -0.293 e. The van der Waals surface area contributed by atoms with Gasteiger partial charge in [-0.1, -0.05) is 0 Å². The van der Waals surface area contributed by atoms with Crippen molar-refractivity contribution in [3.05, 3.63) is 58.0 Å². The molecular formula is C16H10F5N5O2. The third kappa shape index (κ3) is 3.94. The SMILES string of the molecule is O=C(Cn1nc(CF)c2cc(C(F)(F)F)ccc2c1=O)Nc1ncc(F)cn1. The number of alkyl halides is 4. The zero-order chi connectivity index (χ0) is 20.5. The number of nitrogens with zero attached hydrogens (tertiary/aromatic N) is 4. The number of hydrogen-bond donors (Lipinski definition) is 1. The summed E-state index contributed by atoms with van der Waals surface area (Å²) in [5.41, 5.74) is -2.36. The van der Waals surface area contributed by atoms with Crippen molar-refractivity contribution in [2.75, 3.05) is 5.32 Å². The van der Waals surface area contributed by atoms with Gasteiger partial charge in [-0.3, -0.25) is 14.9 Å². The first-order valence-electron chi connectivity index (χ1n) is 7.63. The number of halogens is 5. The van der Waals surface area contributed by atoms with Gasteiger partial charge in [-0.2, -0.15) is 18.3 Å². The van der Waals surface area contributed by atoms with Crippen LogP contribution in [0.15, 0.2) is 35.4 Å². The van der Waals surface area contributed by atoms with Gasteiger partial charge in [-0.15, -0.1) is 0 Å². The number of benzene rings is 1. The Morgan fingerprint density at radius 1 is 1.14 bits per heavy atom. The molecule has 0 aliphatic rings. The molecule has 2 heterocycles. The topological polar surface area (TPSA) is 89.8 Å². The maximum Gasteiger partial charge on any atom is 0.416 e. The maximum absolute atomic E-state index is 13.3. The third-order valence-corrected chi connectivity index (χ3v) is 3.66. The molecule has 0 saturated carbocycles. The number of anilines is 1. The van der Waals surface area contributed by atoms with Crippen molar-refractivity contribution in [3.8, 4) is 0 Å². The van der Waals surface area contributed by atoms with Gasteiger partial charge in [0.1, 0.15) is 18.9 Å². The van der Waals surface area contributed by atoms with Crippen LogP contribution in [0.3, 0.4) is 0 Å². The molecule has 1 amide bonds. The maximum atomic E-state index is 13.3. The molecule has 0 bridgehead atoms. The molecule has 0 fully saturated rings. The molecule has 3 aromatic rings. The highest BCUT2D eigenvalue weighted by Gasteiger charge is 2.31. The number of carbonyl (C=O) groups excluding carboxylic acids is 1. The lowest BCUT2D eigenvalue weighted by molar-refractivity contribution is -0.137. The first-order chi connectivity index (χ1) is 13.2. The van der Waals surface area contributed by atoms with E-state index < -0.39 is 47.9 Å². The van der Waals surface area contributed by atoms with E-state index in [0.717, 1.165) is 18.5 Å². The molecule has 0 aliphatic heterocycles. The Balaban J connectivity index is 1.95. The highest BCUT2D eigenvalue weighted by Crippen LogP contribution is 2.31. The summed E-state index contributed by atoms with van der Waals surface area (Å²) in [4.78, 5) is 31.5. The van der Waals surface area contributed by atoms with E-state index in [-0.39, 0.29) is 16.7 Å². The van der Waals surface area contributed by atoms with Crippen LogP contribution in [0.5, 0.6) is 0 Å². The van der Waals surface area contributed by atoms with Crippen LogP contribution < -0.4 is 10.9 Å². The normalized spacial score (nSPS) is 11.6. The molecule has 0 aliphatic carbocycles. The molecule has 12 heteroatoms. The highest BCUT2D eigenvalue weighted by atomic mass is 19.4. The van der Waals surface area contributed by atoms with E-state index in [0.29, 0.717) is 16.8 Å². The van der Waals surface area contributed by atoms with Gasteiger partial charge < -0.3 is 0 Å². The lowest BCUT2D eigenvalue weighted by Gasteiger charge is -2.12. The van der Waals surface area contributed by atoms with Crippen LogP contribution in [-0.2, 0) is 24.2 Å². The Kier molecular flexibility index (Phi) is 5.03. The molecule has 0 spiro atoms. The zero-order valence-electron chi connectivity index (χ0n) is 13.8. The van der Waals surface area contributed by atoms with E-state index in [1.54, 1.807) is 0 Å². The van der Waals surface area contributed by atoms with Gasteiger partial charge in [0.2, 0.25) is 11.9 Å². The standard InChI is InChI=1S/C16H10F5N5O2/c17-4-12-11-3-8(16(19,20)21)1-2-10(11)14(28)26(25-12)7-13(27)24-15-22-5-9(18)6-23-15/h1-3,5-6H,4,7H2,(H,22,23,24,27). The van der Waals surface area contributed by atoms with Gasteiger partial charge in [0.25, 0.3) is 5.56 Å². The Morgan fingerprint density at radius 3 is 2.43 bits per heavy atom. The van der Waals surface area contributed by atoms with E-state index >= 15 is 0 Å². The van der Waals surface area contributed by atoms with Crippen LogP contribution in [0.1, 0.15) is 11.3 Å². The first kappa shape index (κ1) is 19.3. The lowest BCUT2D eigenvalue weighted by atomic mass is 10.1. The fraction of sp³-hybridized carbons (Fsp3) is 0.188. The van der Waals surface area contributed by atoms with Gasteiger partial charge in [0, 0.05) is 5.39 Å². The monoisotopic (exact) mass is 399 g/mol. The number of rotatable bonds is 4. The average Bonchev–Trinajstić information content (AvgIpc) is 2.64. The van der Waals surface area contributed by atoms with Crippen LogP contribution >= 0.6 is 0 Å². The van der Waals surface area contributed by atoms with E-state index in [9.17, 15) is 31.5 Å². The summed E-state index contributed by atoms with van der Waals surface area (Å²) in [5.74, 6) is -1.78. The molecule has 7 nitrogen and oxygen atoms in total. The molecule has 0 saturated heterocycles. The number of aromatic nitrogens is 4. The minimum atomic E-state index is -4.67. The quantitative estimate of drug-likeness (QED) is 0.681. The lowest BCUT2D eigenvalue weighted by Crippen LogP contribution is -2.31. The van der Waals surface area contributed by atoms with Gasteiger partial charge in [0.05, 0.1) is 23.3 Å². The van der Waals surface area contributed by atoms with Crippen molar-refractivity contribution < 1.29 is 26.7 Å². The van der Waals surface area contributed by atoms with E-state index in [1.165, 1.54) is 0 Å². The van der Waals surface area contributed by atoms with E-state index in [4.69, 9.17) is 0 Å². The molecular weight excluding hydrogens is 389 g/mol. The Hall–Kier alpha value is -3.44. The summed E-state index contributed by atoms with van der Waals surface area (Å²) >= 11 is 0. The number of nitrogens with one attached hydrogen (secondary N) is 1. The fourth-order valence-electron chi connectivity index (χ4n) is 2.41. The zero-order valence-corrected chi connectivity index (χ0v) is 13.8. The van der Waals surface area contributed by atoms with Crippen LogP contribution in [-0.4, -0.2) is 25.7 Å². The summed E-state index contributed by atoms with van der Waals surface area (Å²) in [7, 11) is 0. The van der Waals surface area contributed by atoms with Crippen molar-refractivity contribution in [3.63, 3.8) is 0 Å². The molecule has 28 heavy (non-hydrogen) atoms. The average molecular weight is 399 g/mol. The molecule has 3 rings (SSSR count). The second-order valence-corrected chi connectivity index (χ2v) is 5.57. The van der Waals surface area contributed by atoms with Crippen LogP contribution in [0.25, 0.3) is 10.8 Å². The summed E-state index contributed by atoms with van der Waals surface area (Å²) in [6, 6.07) is 2.22. The second-order valence-electron chi connectivity index (χ2n) is 5.57. The van der Waals surface area contributed by atoms with Crippen molar-refractivity contribution >= 4 is 22.6 Å². The Labute approximate surface area is 152 Å². The Morgan fingerprint density at radius 2 is 1.82 bits per heavy atom. The molecule has 0 radical (unpaired) electrons. The van der Waals surface area contributed by atoms with Crippen LogP contribution in [0, 0.1) is 5.82 Å². The molecule has 1 N–H and O–H groups in total. The second kappa shape index (κ2) is 7.29. The van der Waals surface area contributed by atoms with Crippen molar-refractivity contribution in [2.45, 2.75) is 19.4 Å². The van der Waals surface area contributed by atoms with Gasteiger partial charge in [-0.25, -0.2) is 23.4 Å². The summed E-state index contributed by atoms with van der Waals surface area (Å²) < 4.78 is 65.2. The number of hydrogen-bond acceptors (Lipinski definition) is 5. The van der Waals surface area contributed by atoms with Crippen molar-refractivity contribution in [1.82, 2.24) is 19.7 Å². The molecule has 0 unspecified atom stereocenters. The van der Waals surface area contributed by atoms with Gasteiger partial charge >= 0.3 is 6.18 Å². The van der Waals surface area contributed by atoms with Crippen LogP contribution in [0.2, 0.25) is 0 Å².